The number of anilines is 1. The SMILES string of the molecule is Cl.Cl.O=C(Cc1csc(NC(=O)C2CCCCC2)n1)NCCCNC1CCCCC1. The Bertz CT molecular complexity index is 632. The largest absolute Gasteiger partial charge is 0.356 e. The fourth-order valence-corrected chi connectivity index (χ4v) is 4.89. The van der Waals surface area contributed by atoms with Crippen molar-refractivity contribution in [2.45, 2.75) is 83.1 Å². The highest BCUT2D eigenvalue weighted by molar-refractivity contribution is 7.13. The summed E-state index contributed by atoms with van der Waals surface area (Å²) in [6.07, 6.45) is 13.3. The van der Waals surface area contributed by atoms with E-state index in [0.717, 1.165) is 44.3 Å². The number of hydrogen-bond donors (Lipinski definition) is 3. The lowest BCUT2D eigenvalue weighted by Gasteiger charge is -2.22. The van der Waals surface area contributed by atoms with E-state index in [-0.39, 0.29) is 49.0 Å². The number of nitrogens with zero attached hydrogens (tertiary/aromatic N) is 1. The Balaban J connectivity index is 0.00000225. The lowest BCUT2D eigenvalue weighted by Crippen LogP contribution is -2.34. The summed E-state index contributed by atoms with van der Waals surface area (Å²) in [6.45, 7) is 1.65. The van der Waals surface area contributed by atoms with Gasteiger partial charge in [-0.05, 0) is 38.6 Å². The topological polar surface area (TPSA) is 83.1 Å². The van der Waals surface area contributed by atoms with Crippen LogP contribution in [-0.4, -0.2) is 35.9 Å². The Labute approximate surface area is 196 Å². The summed E-state index contributed by atoms with van der Waals surface area (Å²) in [4.78, 5) is 28.8. The first-order valence-corrected chi connectivity index (χ1v) is 11.8. The summed E-state index contributed by atoms with van der Waals surface area (Å²) in [6, 6.07) is 0.668. The zero-order valence-electron chi connectivity index (χ0n) is 17.6. The maximum Gasteiger partial charge on any atom is 0.229 e. The summed E-state index contributed by atoms with van der Waals surface area (Å²) in [7, 11) is 0. The van der Waals surface area contributed by atoms with E-state index in [2.05, 4.69) is 20.9 Å². The zero-order valence-corrected chi connectivity index (χ0v) is 20.1. The monoisotopic (exact) mass is 478 g/mol. The second kappa shape index (κ2) is 15.0. The van der Waals surface area contributed by atoms with Gasteiger partial charge in [-0.15, -0.1) is 36.2 Å². The molecule has 0 saturated heterocycles. The molecule has 2 saturated carbocycles. The van der Waals surface area contributed by atoms with Crippen LogP contribution in [0.4, 0.5) is 5.13 Å². The number of aromatic nitrogens is 1. The van der Waals surface area contributed by atoms with E-state index in [9.17, 15) is 9.59 Å². The maximum absolute atomic E-state index is 12.3. The highest BCUT2D eigenvalue weighted by Crippen LogP contribution is 2.25. The van der Waals surface area contributed by atoms with Gasteiger partial charge in [-0.1, -0.05) is 38.5 Å². The Morgan fingerprint density at radius 1 is 0.967 bits per heavy atom. The molecule has 9 heteroatoms. The Kier molecular flexibility index (Phi) is 13.6. The van der Waals surface area contributed by atoms with Crippen molar-refractivity contribution < 1.29 is 9.59 Å². The van der Waals surface area contributed by atoms with Crippen LogP contribution in [0.3, 0.4) is 0 Å². The van der Waals surface area contributed by atoms with Crippen LogP contribution >= 0.6 is 36.2 Å². The number of amides is 2. The van der Waals surface area contributed by atoms with Crippen LogP contribution in [0, 0.1) is 5.92 Å². The zero-order chi connectivity index (χ0) is 19.6. The molecule has 0 atom stereocenters. The van der Waals surface area contributed by atoms with E-state index in [0.29, 0.717) is 17.7 Å². The fraction of sp³-hybridized carbons (Fsp3) is 0.762. The van der Waals surface area contributed by atoms with Gasteiger partial charge in [-0.25, -0.2) is 4.98 Å². The Hall–Kier alpha value is -0.890. The predicted molar refractivity (Wildman–Crippen MR) is 128 cm³/mol. The van der Waals surface area contributed by atoms with Crippen LogP contribution in [0.25, 0.3) is 0 Å². The number of carbonyl (C=O) groups is 2. The molecule has 2 aliphatic carbocycles. The van der Waals surface area contributed by atoms with Crippen LogP contribution in [0.5, 0.6) is 0 Å². The second-order valence-corrected chi connectivity index (χ2v) is 9.00. The van der Waals surface area contributed by atoms with E-state index in [1.807, 2.05) is 5.38 Å². The summed E-state index contributed by atoms with van der Waals surface area (Å²) in [5, 5.41) is 12.0. The van der Waals surface area contributed by atoms with Crippen LogP contribution in [0.15, 0.2) is 5.38 Å². The molecule has 0 bridgehead atoms. The van der Waals surface area contributed by atoms with Crippen molar-refractivity contribution in [3.8, 4) is 0 Å². The number of halogens is 2. The molecule has 3 N–H and O–H groups in total. The van der Waals surface area contributed by atoms with Gasteiger partial charge in [0.15, 0.2) is 5.13 Å². The predicted octanol–water partition coefficient (Wildman–Crippen LogP) is 4.48. The third-order valence-corrected chi connectivity index (χ3v) is 6.62. The maximum atomic E-state index is 12.3. The minimum atomic E-state index is -0.00637. The minimum absolute atomic E-state index is 0. The molecule has 0 unspecified atom stereocenters. The third kappa shape index (κ3) is 9.50. The van der Waals surface area contributed by atoms with Crippen molar-refractivity contribution >= 4 is 53.1 Å². The van der Waals surface area contributed by atoms with Gasteiger partial charge in [0.25, 0.3) is 0 Å². The van der Waals surface area contributed by atoms with Crippen LogP contribution < -0.4 is 16.0 Å². The highest BCUT2D eigenvalue weighted by Gasteiger charge is 2.22. The smallest absolute Gasteiger partial charge is 0.229 e. The van der Waals surface area contributed by atoms with Gasteiger partial charge in [-0.3, -0.25) is 9.59 Å². The summed E-state index contributed by atoms with van der Waals surface area (Å²) >= 11 is 1.40. The lowest BCUT2D eigenvalue weighted by molar-refractivity contribution is -0.121. The van der Waals surface area contributed by atoms with Gasteiger partial charge in [0.2, 0.25) is 11.8 Å². The molecule has 1 heterocycles. The van der Waals surface area contributed by atoms with E-state index in [1.54, 1.807) is 0 Å². The molecule has 30 heavy (non-hydrogen) atoms. The minimum Gasteiger partial charge on any atom is -0.356 e. The molecular formula is C21H36Cl2N4O2S. The van der Waals surface area contributed by atoms with E-state index in [4.69, 9.17) is 0 Å². The van der Waals surface area contributed by atoms with Crippen molar-refractivity contribution in [3.63, 3.8) is 0 Å². The molecular weight excluding hydrogens is 443 g/mol. The molecule has 2 amide bonds. The number of hydrogen-bond acceptors (Lipinski definition) is 5. The molecule has 2 aliphatic rings. The van der Waals surface area contributed by atoms with E-state index in [1.165, 1.54) is 49.9 Å². The number of thiazole rings is 1. The Morgan fingerprint density at radius 2 is 1.63 bits per heavy atom. The first-order chi connectivity index (χ1) is 13.7. The van der Waals surface area contributed by atoms with Crippen LogP contribution in [-0.2, 0) is 16.0 Å². The lowest BCUT2D eigenvalue weighted by atomic mass is 9.89. The number of rotatable bonds is 9. The molecule has 2 fully saturated rings. The van der Waals surface area contributed by atoms with E-state index < -0.39 is 0 Å². The first-order valence-electron chi connectivity index (χ1n) is 11.0. The molecule has 3 rings (SSSR count). The highest BCUT2D eigenvalue weighted by atomic mass is 35.5. The van der Waals surface area contributed by atoms with Gasteiger partial charge >= 0.3 is 0 Å². The molecule has 0 aliphatic heterocycles. The Morgan fingerprint density at radius 3 is 2.33 bits per heavy atom. The van der Waals surface area contributed by atoms with Crippen LogP contribution in [0.1, 0.15) is 76.3 Å². The first kappa shape index (κ1) is 27.1. The number of nitrogens with one attached hydrogen (secondary N) is 3. The number of carbonyl (C=O) groups excluding carboxylic acids is 2. The van der Waals surface area contributed by atoms with Crippen molar-refractivity contribution in [2.24, 2.45) is 5.92 Å². The third-order valence-electron chi connectivity index (χ3n) is 5.81. The average molecular weight is 480 g/mol. The second-order valence-electron chi connectivity index (χ2n) is 8.14. The van der Waals surface area contributed by atoms with Crippen molar-refractivity contribution in [2.75, 3.05) is 18.4 Å². The van der Waals surface area contributed by atoms with Gasteiger partial charge in [-0.2, -0.15) is 0 Å². The molecule has 0 radical (unpaired) electrons. The summed E-state index contributed by atoms with van der Waals surface area (Å²) in [5.74, 6) is 0.190. The van der Waals surface area contributed by atoms with E-state index >= 15 is 0 Å². The summed E-state index contributed by atoms with van der Waals surface area (Å²) in [5.41, 5.74) is 0.724. The average Bonchev–Trinajstić information content (AvgIpc) is 3.15. The van der Waals surface area contributed by atoms with Gasteiger partial charge in [0.05, 0.1) is 12.1 Å². The van der Waals surface area contributed by atoms with Gasteiger partial charge in [0.1, 0.15) is 0 Å². The standard InChI is InChI=1S/C21H34N4O2S.2ClH/c26-19(23-13-7-12-22-17-10-5-2-6-11-17)14-18-15-28-21(24-18)25-20(27)16-8-3-1-4-9-16;;/h15-17,22H,1-14H2,(H,23,26)(H,24,25,27);2*1H. The van der Waals surface area contributed by atoms with Gasteiger partial charge in [0, 0.05) is 23.9 Å². The van der Waals surface area contributed by atoms with Crippen molar-refractivity contribution in [1.29, 1.82) is 0 Å². The van der Waals surface area contributed by atoms with Crippen LogP contribution in [0.2, 0.25) is 0 Å². The molecule has 6 nitrogen and oxygen atoms in total. The molecule has 1 aromatic heterocycles. The fourth-order valence-electron chi connectivity index (χ4n) is 4.17. The molecule has 0 aromatic carbocycles. The quantitative estimate of drug-likeness (QED) is 0.456. The molecule has 1 aromatic rings. The molecule has 172 valence electrons. The van der Waals surface area contributed by atoms with Crippen molar-refractivity contribution in [1.82, 2.24) is 15.6 Å². The normalized spacial score (nSPS) is 17.5. The van der Waals surface area contributed by atoms with Crippen molar-refractivity contribution in [3.05, 3.63) is 11.1 Å². The summed E-state index contributed by atoms with van der Waals surface area (Å²) < 4.78 is 0. The van der Waals surface area contributed by atoms with Gasteiger partial charge < -0.3 is 16.0 Å². The molecule has 0 spiro atoms.